The average Bonchev–Trinajstić information content (AvgIpc) is 2.82. The van der Waals surface area contributed by atoms with Gasteiger partial charge in [-0.1, -0.05) is 17.7 Å². The monoisotopic (exact) mass is 271 g/mol. The fourth-order valence-electron chi connectivity index (χ4n) is 2.19. The summed E-state index contributed by atoms with van der Waals surface area (Å²) in [6.45, 7) is 0. The van der Waals surface area contributed by atoms with Gasteiger partial charge in [-0.05, 0) is 18.6 Å². The lowest BCUT2D eigenvalue weighted by atomic mass is 10.1. The maximum atomic E-state index is 11.5. The Morgan fingerprint density at radius 3 is 2.88 bits per heavy atom. The molecule has 1 fully saturated rings. The lowest BCUT2D eigenvalue weighted by Crippen LogP contribution is -2.07. The Morgan fingerprint density at radius 2 is 2.18 bits per heavy atom. The molecule has 0 aromatic carbocycles. The molecule has 1 aliphatic rings. The molecule has 2 aromatic rings. The number of sulfone groups is 1. The van der Waals surface area contributed by atoms with Crippen molar-refractivity contribution in [3.63, 3.8) is 0 Å². The van der Waals surface area contributed by atoms with Crippen molar-refractivity contribution >= 4 is 27.1 Å². The number of rotatable bonds is 1. The Bertz CT molecular complexity index is 680. The summed E-state index contributed by atoms with van der Waals surface area (Å²) in [7, 11) is -2.93. The van der Waals surface area contributed by atoms with Gasteiger partial charge in [-0.2, -0.15) is 0 Å². The van der Waals surface area contributed by atoms with Crippen LogP contribution in [0.15, 0.2) is 18.2 Å². The van der Waals surface area contributed by atoms with Crippen molar-refractivity contribution in [3.05, 3.63) is 29.2 Å². The van der Waals surface area contributed by atoms with Crippen LogP contribution < -0.4 is 0 Å². The third-order valence-corrected chi connectivity index (χ3v) is 5.07. The van der Waals surface area contributed by atoms with Crippen LogP contribution in [0.5, 0.6) is 0 Å². The summed E-state index contributed by atoms with van der Waals surface area (Å²) in [5.74, 6) is 0.900. The Labute approximate surface area is 103 Å². The molecule has 7 heteroatoms. The summed E-state index contributed by atoms with van der Waals surface area (Å²) in [5.41, 5.74) is 0.650. The second kappa shape index (κ2) is 3.68. The Hall–Kier alpha value is -1.14. The zero-order valence-corrected chi connectivity index (χ0v) is 10.4. The molecule has 1 saturated heterocycles. The van der Waals surface area contributed by atoms with Crippen molar-refractivity contribution in [1.82, 2.24) is 14.6 Å². The third-order valence-electron chi connectivity index (χ3n) is 3.00. The van der Waals surface area contributed by atoms with Crippen molar-refractivity contribution < 1.29 is 8.42 Å². The minimum Gasteiger partial charge on any atom is -0.269 e. The van der Waals surface area contributed by atoms with Gasteiger partial charge in [-0.25, -0.2) is 8.42 Å². The molecule has 1 unspecified atom stereocenters. The normalized spacial score (nSPS) is 23.2. The lowest BCUT2D eigenvalue weighted by molar-refractivity contribution is 0.601. The van der Waals surface area contributed by atoms with Crippen molar-refractivity contribution in [1.29, 1.82) is 0 Å². The highest BCUT2D eigenvalue weighted by atomic mass is 35.5. The molecule has 90 valence electrons. The molecule has 0 N–H and O–H groups in total. The zero-order valence-electron chi connectivity index (χ0n) is 8.88. The van der Waals surface area contributed by atoms with E-state index in [0.717, 1.165) is 0 Å². The molecule has 1 aliphatic heterocycles. The molecule has 2 aromatic heterocycles. The van der Waals surface area contributed by atoms with Gasteiger partial charge in [0.25, 0.3) is 0 Å². The van der Waals surface area contributed by atoms with Crippen LogP contribution >= 0.6 is 11.6 Å². The molecule has 0 saturated carbocycles. The maximum absolute atomic E-state index is 11.5. The standard InChI is InChI=1S/C10H10ClN3O2S/c11-8-2-1-3-9-12-13-10(14(8)9)7-4-5-17(15,16)6-7/h1-3,7H,4-6H2. The van der Waals surface area contributed by atoms with E-state index in [1.54, 1.807) is 22.6 Å². The summed E-state index contributed by atoms with van der Waals surface area (Å²) in [5, 5.41) is 8.58. The van der Waals surface area contributed by atoms with Crippen LogP contribution in [0, 0.1) is 0 Å². The highest BCUT2D eigenvalue weighted by Crippen LogP contribution is 2.29. The Morgan fingerprint density at radius 1 is 1.35 bits per heavy atom. The van der Waals surface area contributed by atoms with Gasteiger partial charge in [0.05, 0.1) is 11.5 Å². The number of pyridine rings is 1. The molecular formula is C10H10ClN3O2S. The third kappa shape index (κ3) is 1.81. The summed E-state index contributed by atoms with van der Waals surface area (Å²) in [6.07, 6.45) is 0.592. The number of nitrogens with zero attached hydrogens (tertiary/aromatic N) is 3. The first-order chi connectivity index (χ1) is 8.07. The van der Waals surface area contributed by atoms with E-state index in [1.165, 1.54) is 0 Å². The fraction of sp³-hybridized carbons (Fsp3) is 0.400. The average molecular weight is 272 g/mol. The lowest BCUT2D eigenvalue weighted by Gasteiger charge is -2.06. The van der Waals surface area contributed by atoms with Crippen molar-refractivity contribution in [2.45, 2.75) is 12.3 Å². The van der Waals surface area contributed by atoms with Gasteiger partial charge in [0.15, 0.2) is 15.5 Å². The van der Waals surface area contributed by atoms with E-state index in [4.69, 9.17) is 11.6 Å². The van der Waals surface area contributed by atoms with Crippen LogP contribution in [0.25, 0.3) is 5.65 Å². The van der Waals surface area contributed by atoms with Crippen LogP contribution in [0.3, 0.4) is 0 Å². The van der Waals surface area contributed by atoms with E-state index in [-0.39, 0.29) is 17.4 Å². The molecule has 0 spiro atoms. The quantitative estimate of drug-likeness (QED) is 0.733. The first-order valence-corrected chi connectivity index (χ1v) is 7.47. The van der Waals surface area contributed by atoms with Crippen LogP contribution in [-0.4, -0.2) is 34.5 Å². The van der Waals surface area contributed by atoms with Crippen molar-refractivity contribution in [2.75, 3.05) is 11.5 Å². The van der Waals surface area contributed by atoms with Gasteiger partial charge < -0.3 is 0 Å². The predicted molar refractivity (Wildman–Crippen MR) is 64.0 cm³/mol. The minimum absolute atomic E-state index is 0.102. The highest BCUT2D eigenvalue weighted by molar-refractivity contribution is 7.91. The molecular weight excluding hydrogens is 262 g/mol. The molecule has 0 radical (unpaired) electrons. The van der Waals surface area contributed by atoms with Gasteiger partial charge in [0.1, 0.15) is 11.0 Å². The van der Waals surface area contributed by atoms with Crippen LogP contribution in [0.1, 0.15) is 18.2 Å². The van der Waals surface area contributed by atoms with Gasteiger partial charge in [0, 0.05) is 5.92 Å². The van der Waals surface area contributed by atoms with Crippen LogP contribution in [-0.2, 0) is 9.84 Å². The smallest absolute Gasteiger partial charge is 0.161 e. The Kier molecular flexibility index (Phi) is 2.38. The largest absolute Gasteiger partial charge is 0.269 e. The van der Waals surface area contributed by atoms with E-state index >= 15 is 0 Å². The molecule has 0 bridgehead atoms. The van der Waals surface area contributed by atoms with Crippen molar-refractivity contribution in [2.24, 2.45) is 0 Å². The topological polar surface area (TPSA) is 64.3 Å². The van der Waals surface area contributed by atoms with Gasteiger partial charge in [0.2, 0.25) is 0 Å². The van der Waals surface area contributed by atoms with E-state index in [2.05, 4.69) is 10.2 Å². The predicted octanol–water partition coefficient (Wildman–Crippen LogP) is 1.28. The molecule has 17 heavy (non-hydrogen) atoms. The summed E-state index contributed by atoms with van der Waals surface area (Å²) in [4.78, 5) is 0. The zero-order chi connectivity index (χ0) is 12.0. The summed E-state index contributed by atoms with van der Waals surface area (Å²) >= 11 is 6.09. The van der Waals surface area contributed by atoms with E-state index < -0.39 is 9.84 Å². The molecule has 3 heterocycles. The van der Waals surface area contributed by atoms with E-state index in [1.807, 2.05) is 0 Å². The van der Waals surface area contributed by atoms with Crippen LogP contribution in [0.4, 0.5) is 0 Å². The van der Waals surface area contributed by atoms with Gasteiger partial charge in [-0.3, -0.25) is 4.40 Å². The van der Waals surface area contributed by atoms with E-state index in [9.17, 15) is 8.42 Å². The molecule has 1 atom stereocenters. The first-order valence-electron chi connectivity index (χ1n) is 5.27. The van der Waals surface area contributed by atoms with Gasteiger partial charge >= 0.3 is 0 Å². The molecule has 3 rings (SSSR count). The number of fused-ring (bicyclic) bond motifs is 1. The van der Waals surface area contributed by atoms with Gasteiger partial charge in [-0.15, -0.1) is 10.2 Å². The highest BCUT2D eigenvalue weighted by Gasteiger charge is 2.32. The summed E-state index contributed by atoms with van der Waals surface area (Å²) < 4.78 is 24.6. The van der Waals surface area contributed by atoms with Crippen LogP contribution in [0.2, 0.25) is 5.15 Å². The summed E-state index contributed by atoms with van der Waals surface area (Å²) in [6, 6.07) is 5.33. The van der Waals surface area contributed by atoms with E-state index in [0.29, 0.717) is 23.0 Å². The van der Waals surface area contributed by atoms with Crippen molar-refractivity contribution in [3.8, 4) is 0 Å². The number of aromatic nitrogens is 3. The second-order valence-electron chi connectivity index (χ2n) is 4.20. The SMILES string of the molecule is O=S1(=O)CCC(c2nnc3cccc(Cl)n23)C1. The second-order valence-corrected chi connectivity index (χ2v) is 6.82. The molecule has 5 nitrogen and oxygen atoms in total. The molecule has 0 amide bonds. The molecule has 0 aliphatic carbocycles. The maximum Gasteiger partial charge on any atom is 0.161 e. The first kappa shape index (κ1) is 11.0. The number of hydrogen-bond acceptors (Lipinski definition) is 4. The number of hydrogen-bond donors (Lipinski definition) is 0. The number of halogens is 1. The fourth-order valence-corrected chi connectivity index (χ4v) is 4.17. The minimum atomic E-state index is -2.93. The Balaban J connectivity index is 2.13.